The first kappa shape index (κ1) is 19.1. The molecule has 0 atom stereocenters. The summed E-state index contributed by atoms with van der Waals surface area (Å²) in [4.78, 5) is 4.89. The van der Waals surface area contributed by atoms with Crippen LogP contribution < -0.4 is 0 Å². The summed E-state index contributed by atoms with van der Waals surface area (Å²) < 4.78 is 0. The van der Waals surface area contributed by atoms with Crippen molar-refractivity contribution in [2.75, 3.05) is 0 Å². The molecule has 1 aromatic heterocycles. The monoisotopic (exact) mass is 391 g/mol. The van der Waals surface area contributed by atoms with E-state index in [1.165, 1.54) is 49.7 Å². The second-order valence-corrected chi connectivity index (χ2v) is 9.24. The molecule has 3 aromatic carbocycles. The van der Waals surface area contributed by atoms with Crippen molar-refractivity contribution in [3.05, 3.63) is 89.1 Å². The predicted octanol–water partition coefficient (Wildman–Crippen LogP) is 7.91. The Morgan fingerprint density at radius 3 is 2.33 bits per heavy atom. The zero-order valence-corrected chi connectivity index (χ0v) is 18.4. The lowest BCUT2D eigenvalue weighted by Crippen LogP contribution is -2.06. The molecule has 150 valence electrons. The first-order chi connectivity index (χ1) is 14.5. The zero-order valence-electron chi connectivity index (χ0n) is 18.4. The van der Waals surface area contributed by atoms with E-state index in [0.717, 1.165) is 18.5 Å². The van der Waals surface area contributed by atoms with Crippen LogP contribution in [0.15, 0.2) is 66.9 Å². The molecule has 0 amide bonds. The number of aromatic nitrogens is 1. The maximum atomic E-state index is 4.89. The molecule has 5 rings (SSSR count). The third kappa shape index (κ3) is 3.23. The second kappa shape index (κ2) is 7.40. The van der Waals surface area contributed by atoms with Crippen LogP contribution in [0.4, 0.5) is 0 Å². The van der Waals surface area contributed by atoms with E-state index in [2.05, 4.69) is 94.6 Å². The molecule has 0 unspecified atom stereocenters. The molecular formula is C29H29N. The Kier molecular flexibility index (Phi) is 4.70. The summed E-state index contributed by atoms with van der Waals surface area (Å²) in [6, 6.07) is 22.7. The van der Waals surface area contributed by atoms with Crippen LogP contribution in [-0.4, -0.2) is 4.98 Å². The third-order valence-corrected chi connectivity index (χ3v) is 6.55. The minimum atomic E-state index is 0.475. The van der Waals surface area contributed by atoms with Crippen LogP contribution in [0.2, 0.25) is 0 Å². The lowest BCUT2D eigenvalue weighted by Gasteiger charge is -2.22. The zero-order chi connectivity index (χ0) is 20.8. The van der Waals surface area contributed by atoms with Crippen LogP contribution in [0.3, 0.4) is 0 Å². The molecule has 0 saturated heterocycles. The quantitative estimate of drug-likeness (QED) is 0.346. The molecule has 1 nitrogen and oxygen atoms in total. The van der Waals surface area contributed by atoms with Gasteiger partial charge in [0.1, 0.15) is 0 Å². The van der Waals surface area contributed by atoms with Crippen molar-refractivity contribution < 1.29 is 0 Å². The van der Waals surface area contributed by atoms with Crippen molar-refractivity contribution in [1.82, 2.24) is 4.98 Å². The number of fused-ring (bicyclic) bond motifs is 4. The number of benzene rings is 3. The Bertz CT molecular complexity index is 1250. The standard InChI is InChI=1S/C29H29N/c1-18(2)20-11-12-26-22(13-20)9-10-23-17-30-29(16-28(23)26)24-14-21-7-5-6-8-25(21)27(15-24)19(3)4/h5-8,11-19H,9-10H2,1-4H3. The van der Waals surface area contributed by atoms with Gasteiger partial charge in [-0.2, -0.15) is 0 Å². The van der Waals surface area contributed by atoms with Crippen molar-refractivity contribution in [2.24, 2.45) is 0 Å². The fraction of sp³-hybridized carbons (Fsp3) is 0.276. The molecule has 0 radical (unpaired) electrons. The lowest BCUT2D eigenvalue weighted by atomic mass is 9.83. The fourth-order valence-electron chi connectivity index (χ4n) is 4.77. The summed E-state index contributed by atoms with van der Waals surface area (Å²) in [5, 5.41) is 2.64. The van der Waals surface area contributed by atoms with Crippen molar-refractivity contribution in [1.29, 1.82) is 0 Å². The molecule has 0 bridgehead atoms. The van der Waals surface area contributed by atoms with Gasteiger partial charge >= 0.3 is 0 Å². The minimum Gasteiger partial charge on any atom is -0.256 e. The molecule has 30 heavy (non-hydrogen) atoms. The Hall–Kier alpha value is -2.93. The highest BCUT2D eigenvalue weighted by atomic mass is 14.7. The summed E-state index contributed by atoms with van der Waals surface area (Å²) in [5.41, 5.74) is 10.7. The van der Waals surface area contributed by atoms with E-state index < -0.39 is 0 Å². The smallest absolute Gasteiger partial charge is 0.0708 e. The van der Waals surface area contributed by atoms with Gasteiger partial charge in [0.15, 0.2) is 0 Å². The molecule has 0 fully saturated rings. The van der Waals surface area contributed by atoms with Gasteiger partial charge in [-0.25, -0.2) is 0 Å². The van der Waals surface area contributed by atoms with E-state index in [4.69, 9.17) is 4.98 Å². The van der Waals surface area contributed by atoms with Gasteiger partial charge in [-0.3, -0.25) is 4.98 Å². The summed E-state index contributed by atoms with van der Waals surface area (Å²) in [5.74, 6) is 1.04. The van der Waals surface area contributed by atoms with Crippen LogP contribution in [-0.2, 0) is 12.8 Å². The highest BCUT2D eigenvalue weighted by Crippen LogP contribution is 2.38. The molecule has 4 aromatic rings. The first-order valence-corrected chi connectivity index (χ1v) is 11.2. The van der Waals surface area contributed by atoms with Crippen molar-refractivity contribution in [2.45, 2.75) is 52.4 Å². The molecule has 1 aliphatic rings. The number of rotatable bonds is 3. The van der Waals surface area contributed by atoms with Gasteiger partial charge in [-0.1, -0.05) is 70.2 Å². The lowest BCUT2D eigenvalue weighted by molar-refractivity contribution is 0.854. The predicted molar refractivity (Wildman–Crippen MR) is 128 cm³/mol. The van der Waals surface area contributed by atoms with Crippen molar-refractivity contribution in [3.63, 3.8) is 0 Å². The van der Waals surface area contributed by atoms with E-state index in [-0.39, 0.29) is 0 Å². The van der Waals surface area contributed by atoms with Gasteiger partial charge in [0.05, 0.1) is 5.69 Å². The highest BCUT2D eigenvalue weighted by molar-refractivity contribution is 5.91. The van der Waals surface area contributed by atoms with E-state index in [0.29, 0.717) is 11.8 Å². The molecule has 1 heteroatoms. The Labute approximate surface area is 179 Å². The molecule has 1 heterocycles. The Morgan fingerprint density at radius 1 is 0.733 bits per heavy atom. The third-order valence-electron chi connectivity index (χ3n) is 6.55. The molecule has 1 aliphatic carbocycles. The van der Waals surface area contributed by atoms with Crippen LogP contribution in [0.5, 0.6) is 0 Å². The van der Waals surface area contributed by atoms with Crippen molar-refractivity contribution in [3.8, 4) is 22.4 Å². The molecule has 0 saturated carbocycles. The maximum absolute atomic E-state index is 4.89. The molecule has 0 spiro atoms. The van der Waals surface area contributed by atoms with Gasteiger partial charge in [0.25, 0.3) is 0 Å². The van der Waals surface area contributed by atoms with E-state index in [1.54, 1.807) is 0 Å². The van der Waals surface area contributed by atoms with Crippen LogP contribution in [0.25, 0.3) is 33.2 Å². The van der Waals surface area contributed by atoms with E-state index >= 15 is 0 Å². The normalized spacial score (nSPS) is 13.0. The van der Waals surface area contributed by atoms with Gasteiger partial charge in [-0.15, -0.1) is 0 Å². The second-order valence-electron chi connectivity index (χ2n) is 9.24. The van der Waals surface area contributed by atoms with Gasteiger partial charge in [0, 0.05) is 11.8 Å². The first-order valence-electron chi connectivity index (χ1n) is 11.2. The van der Waals surface area contributed by atoms with E-state index in [1.807, 2.05) is 0 Å². The summed E-state index contributed by atoms with van der Waals surface area (Å²) in [6.45, 7) is 9.09. The topological polar surface area (TPSA) is 12.9 Å². The summed E-state index contributed by atoms with van der Waals surface area (Å²) in [7, 11) is 0. The summed E-state index contributed by atoms with van der Waals surface area (Å²) in [6.07, 6.45) is 4.29. The van der Waals surface area contributed by atoms with Crippen LogP contribution >= 0.6 is 0 Å². The minimum absolute atomic E-state index is 0.475. The van der Waals surface area contributed by atoms with Crippen molar-refractivity contribution >= 4 is 10.8 Å². The molecule has 0 N–H and O–H groups in total. The van der Waals surface area contributed by atoms with Gasteiger partial charge in [0.2, 0.25) is 0 Å². The van der Waals surface area contributed by atoms with E-state index in [9.17, 15) is 0 Å². The Balaban J connectivity index is 1.66. The number of aryl methyl sites for hydroxylation is 2. The average molecular weight is 392 g/mol. The summed E-state index contributed by atoms with van der Waals surface area (Å²) >= 11 is 0. The largest absolute Gasteiger partial charge is 0.256 e. The molecular weight excluding hydrogens is 362 g/mol. The maximum Gasteiger partial charge on any atom is 0.0708 e. The molecule has 0 aliphatic heterocycles. The Morgan fingerprint density at radius 2 is 1.53 bits per heavy atom. The fourth-order valence-corrected chi connectivity index (χ4v) is 4.77. The highest BCUT2D eigenvalue weighted by Gasteiger charge is 2.19. The SMILES string of the molecule is CC(C)c1ccc2c(c1)CCc1cnc(-c3cc(C(C)C)c4ccccc4c3)cc1-2. The number of hydrogen-bond acceptors (Lipinski definition) is 1. The van der Waals surface area contributed by atoms with Gasteiger partial charge in [-0.05, 0) is 87.0 Å². The number of nitrogens with zero attached hydrogens (tertiary/aromatic N) is 1. The van der Waals surface area contributed by atoms with Crippen LogP contribution in [0, 0.1) is 0 Å². The number of pyridine rings is 1. The average Bonchev–Trinajstić information content (AvgIpc) is 2.77. The number of hydrogen-bond donors (Lipinski definition) is 0. The van der Waals surface area contributed by atoms with Crippen LogP contribution in [0.1, 0.15) is 61.8 Å². The van der Waals surface area contributed by atoms with Gasteiger partial charge < -0.3 is 0 Å².